The summed E-state index contributed by atoms with van der Waals surface area (Å²) < 4.78 is 11.7. The molecule has 5 nitrogen and oxygen atoms in total. The molecule has 5 heteroatoms. The number of benzene rings is 1. The lowest BCUT2D eigenvalue weighted by molar-refractivity contribution is -0.127. The molecule has 3 rings (SSSR count). The molecule has 23 heavy (non-hydrogen) atoms. The second-order valence-electron chi connectivity index (χ2n) is 6.17. The molecule has 1 atom stereocenters. The maximum absolute atomic E-state index is 11.6. The zero-order chi connectivity index (χ0) is 16.4. The Morgan fingerprint density at radius 3 is 2.87 bits per heavy atom. The first-order chi connectivity index (χ1) is 11.0. The van der Waals surface area contributed by atoms with Gasteiger partial charge < -0.3 is 14.4 Å². The van der Waals surface area contributed by atoms with Gasteiger partial charge >= 0.3 is 0 Å². The second kappa shape index (κ2) is 6.44. The van der Waals surface area contributed by atoms with Crippen LogP contribution in [0.5, 0.6) is 11.6 Å². The largest absolute Gasteiger partial charge is 0.491 e. The van der Waals surface area contributed by atoms with E-state index in [2.05, 4.69) is 4.98 Å². The summed E-state index contributed by atoms with van der Waals surface area (Å²) >= 11 is 0. The van der Waals surface area contributed by atoms with Crippen LogP contribution in [0.3, 0.4) is 0 Å². The van der Waals surface area contributed by atoms with E-state index in [0.717, 1.165) is 22.9 Å². The standard InChI is InChI=1S/C18H22N2O3/c1-12(2)23-15-6-4-13-8-9-19-18(16(13)10-15)22-11-14-5-7-17(21)20(14)3/h4,6,8-10,12,14H,5,7,11H2,1-3H3/t14-/m0/s1. The molecule has 2 aromatic rings. The predicted molar refractivity (Wildman–Crippen MR) is 88.8 cm³/mol. The molecule has 1 aromatic heterocycles. The number of hydrogen-bond donors (Lipinski definition) is 0. The molecule has 1 aliphatic rings. The average Bonchev–Trinajstić information content (AvgIpc) is 2.84. The van der Waals surface area contributed by atoms with Crippen LogP contribution in [-0.2, 0) is 4.79 Å². The van der Waals surface area contributed by atoms with Crippen LogP contribution in [0.2, 0.25) is 0 Å². The van der Waals surface area contributed by atoms with Gasteiger partial charge in [0, 0.05) is 25.1 Å². The normalized spacial score (nSPS) is 18.0. The van der Waals surface area contributed by atoms with E-state index >= 15 is 0 Å². The monoisotopic (exact) mass is 314 g/mol. The van der Waals surface area contributed by atoms with Crippen molar-refractivity contribution in [2.75, 3.05) is 13.7 Å². The van der Waals surface area contributed by atoms with Gasteiger partial charge in [-0.15, -0.1) is 0 Å². The molecule has 0 unspecified atom stereocenters. The van der Waals surface area contributed by atoms with Crippen molar-refractivity contribution >= 4 is 16.7 Å². The topological polar surface area (TPSA) is 51.7 Å². The first-order valence-corrected chi connectivity index (χ1v) is 7.98. The molecule has 1 saturated heterocycles. The number of likely N-dealkylation sites (tertiary alicyclic amines) is 1. The van der Waals surface area contributed by atoms with E-state index in [0.29, 0.717) is 18.9 Å². The Kier molecular flexibility index (Phi) is 4.37. The van der Waals surface area contributed by atoms with Crippen molar-refractivity contribution in [2.24, 2.45) is 0 Å². The molecule has 0 spiro atoms. The minimum absolute atomic E-state index is 0.117. The maximum atomic E-state index is 11.6. The number of ether oxygens (including phenoxy) is 2. The zero-order valence-electron chi connectivity index (χ0n) is 13.8. The van der Waals surface area contributed by atoms with E-state index in [4.69, 9.17) is 9.47 Å². The number of fused-ring (bicyclic) bond motifs is 1. The number of aromatic nitrogens is 1. The highest BCUT2D eigenvalue weighted by atomic mass is 16.5. The lowest BCUT2D eigenvalue weighted by atomic mass is 10.1. The van der Waals surface area contributed by atoms with Crippen LogP contribution in [0.1, 0.15) is 26.7 Å². The molecule has 0 bridgehead atoms. The summed E-state index contributed by atoms with van der Waals surface area (Å²) in [6.45, 7) is 4.46. The molecule has 2 heterocycles. The molecule has 0 aliphatic carbocycles. The third-order valence-electron chi connectivity index (χ3n) is 4.12. The zero-order valence-corrected chi connectivity index (χ0v) is 13.8. The van der Waals surface area contributed by atoms with Crippen LogP contribution in [0.4, 0.5) is 0 Å². The number of carbonyl (C=O) groups excluding carboxylic acids is 1. The maximum Gasteiger partial charge on any atom is 0.222 e. The van der Waals surface area contributed by atoms with Gasteiger partial charge in [-0.05, 0) is 43.9 Å². The first kappa shape index (κ1) is 15.6. The van der Waals surface area contributed by atoms with E-state index in [1.165, 1.54) is 0 Å². The summed E-state index contributed by atoms with van der Waals surface area (Å²) in [6, 6.07) is 7.99. The minimum Gasteiger partial charge on any atom is -0.491 e. The highest BCUT2D eigenvalue weighted by molar-refractivity contribution is 5.88. The summed E-state index contributed by atoms with van der Waals surface area (Å²) in [5, 5.41) is 1.99. The van der Waals surface area contributed by atoms with Gasteiger partial charge in [0.05, 0.1) is 12.1 Å². The fourth-order valence-corrected chi connectivity index (χ4v) is 2.82. The number of rotatable bonds is 5. The minimum atomic E-state index is 0.117. The van der Waals surface area contributed by atoms with E-state index in [-0.39, 0.29) is 18.1 Å². The van der Waals surface area contributed by atoms with Crippen LogP contribution in [0.25, 0.3) is 10.8 Å². The number of likely N-dealkylation sites (N-methyl/N-ethyl adjacent to an activating group) is 1. The number of nitrogens with zero attached hydrogens (tertiary/aromatic N) is 2. The highest BCUT2D eigenvalue weighted by Gasteiger charge is 2.28. The quantitative estimate of drug-likeness (QED) is 0.851. The summed E-state index contributed by atoms with van der Waals surface area (Å²) in [6.07, 6.45) is 3.29. The van der Waals surface area contributed by atoms with Crippen LogP contribution in [0, 0.1) is 0 Å². The van der Waals surface area contributed by atoms with Crippen molar-refractivity contribution in [3.63, 3.8) is 0 Å². The summed E-state index contributed by atoms with van der Waals surface area (Å²) in [5.74, 6) is 1.57. The summed E-state index contributed by atoms with van der Waals surface area (Å²) in [7, 11) is 1.83. The summed E-state index contributed by atoms with van der Waals surface area (Å²) in [5.41, 5.74) is 0. The van der Waals surface area contributed by atoms with Gasteiger partial charge in [0.1, 0.15) is 12.4 Å². The molecular weight excluding hydrogens is 292 g/mol. The van der Waals surface area contributed by atoms with E-state index in [1.807, 2.05) is 45.2 Å². The average molecular weight is 314 g/mol. The molecule has 122 valence electrons. The number of hydrogen-bond acceptors (Lipinski definition) is 4. The highest BCUT2D eigenvalue weighted by Crippen LogP contribution is 2.28. The van der Waals surface area contributed by atoms with Crippen molar-refractivity contribution < 1.29 is 14.3 Å². The van der Waals surface area contributed by atoms with Crippen LogP contribution < -0.4 is 9.47 Å². The molecule has 0 radical (unpaired) electrons. The third-order valence-corrected chi connectivity index (χ3v) is 4.12. The van der Waals surface area contributed by atoms with E-state index in [1.54, 1.807) is 11.1 Å². The van der Waals surface area contributed by atoms with Crippen molar-refractivity contribution in [3.8, 4) is 11.6 Å². The van der Waals surface area contributed by atoms with Gasteiger partial charge in [0.15, 0.2) is 0 Å². The first-order valence-electron chi connectivity index (χ1n) is 7.98. The lowest BCUT2D eigenvalue weighted by Crippen LogP contribution is -2.33. The van der Waals surface area contributed by atoms with Crippen LogP contribution >= 0.6 is 0 Å². The predicted octanol–water partition coefficient (Wildman–Crippen LogP) is 3.02. The Bertz CT molecular complexity index is 714. The van der Waals surface area contributed by atoms with Gasteiger partial charge in [-0.3, -0.25) is 4.79 Å². The van der Waals surface area contributed by atoms with Crippen molar-refractivity contribution in [1.82, 2.24) is 9.88 Å². The molecule has 1 amide bonds. The summed E-state index contributed by atoms with van der Waals surface area (Å²) in [4.78, 5) is 17.7. The van der Waals surface area contributed by atoms with Crippen LogP contribution in [-0.4, -0.2) is 41.6 Å². The van der Waals surface area contributed by atoms with Crippen LogP contribution in [0.15, 0.2) is 30.5 Å². The Hall–Kier alpha value is -2.30. The van der Waals surface area contributed by atoms with Crippen molar-refractivity contribution in [1.29, 1.82) is 0 Å². The molecular formula is C18H22N2O3. The Labute approximate surface area is 136 Å². The molecule has 1 aliphatic heterocycles. The Morgan fingerprint density at radius 2 is 2.17 bits per heavy atom. The number of carbonyl (C=O) groups is 1. The van der Waals surface area contributed by atoms with Gasteiger partial charge in [-0.25, -0.2) is 4.98 Å². The van der Waals surface area contributed by atoms with E-state index in [9.17, 15) is 4.79 Å². The molecule has 0 N–H and O–H groups in total. The fourth-order valence-electron chi connectivity index (χ4n) is 2.82. The smallest absolute Gasteiger partial charge is 0.222 e. The lowest BCUT2D eigenvalue weighted by Gasteiger charge is -2.20. The molecule has 1 aromatic carbocycles. The third kappa shape index (κ3) is 3.38. The van der Waals surface area contributed by atoms with Crippen molar-refractivity contribution in [2.45, 2.75) is 38.8 Å². The fraction of sp³-hybridized carbons (Fsp3) is 0.444. The Morgan fingerprint density at radius 1 is 1.35 bits per heavy atom. The number of amides is 1. The van der Waals surface area contributed by atoms with Gasteiger partial charge in [-0.1, -0.05) is 6.07 Å². The molecule has 0 saturated carbocycles. The van der Waals surface area contributed by atoms with Crippen molar-refractivity contribution in [3.05, 3.63) is 30.5 Å². The SMILES string of the molecule is CC(C)Oc1ccc2ccnc(OC[C@@H]3CCC(=O)N3C)c2c1. The molecule has 1 fully saturated rings. The second-order valence-corrected chi connectivity index (χ2v) is 6.17. The van der Waals surface area contributed by atoms with Gasteiger partial charge in [0.2, 0.25) is 11.8 Å². The van der Waals surface area contributed by atoms with Gasteiger partial charge in [-0.2, -0.15) is 0 Å². The van der Waals surface area contributed by atoms with Gasteiger partial charge in [0.25, 0.3) is 0 Å². The van der Waals surface area contributed by atoms with E-state index < -0.39 is 0 Å². The number of pyridine rings is 1. The Balaban J connectivity index is 1.80.